The second-order valence-electron chi connectivity index (χ2n) is 4.32. The summed E-state index contributed by atoms with van der Waals surface area (Å²) < 4.78 is 42.5. The highest BCUT2D eigenvalue weighted by atomic mass is 19.4. The van der Waals surface area contributed by atoms with Crippen molar-refractivity contribution in [2.45, 2.75) is 25.6 Å². The summed E-state index contributed by atoms with van der Waals surface area (Å²) in [6.45, 7) is 3.86. The molecule has 0 spiro atoms. The fourth-order valence-corrected chi connectivity index (χ4v) is 1.06. The third-order valence-corrected chi connectivity index (χ3v) is 2.25. The van der Waals surface area contributed by atoms with Crippen LogP contribution in [0.3, 0.4) is 0 Å². The SMILES string of the molecule is COC(C)(C)CNc1cc(N)nc(C(F)(F)F)n1. The van der Waals surface area contributed by atoms with E-state index in [0.717, 1.165) is 0 Å². The summed E-state index contributed by atoms with van der Waals surface area (Å²) in [6.07, 6.45) is -4.62. The van der Waals surface area contributed by atoms with Crippen molar-refractivity contribution in [3.63, 3.8) is 0 Å². The summed E-state index contributed by atoms with van der Waals surface area (Å²) >= 11 is 0. The maximum Gasteiger partial charge on any atom is 0.451 e. The molecule has 0 fully saturated rings. The van der Waals surface area contributed by atoms with E-state index in [2.05, 4.69) is 15.3 Å². The van der Waals surface area contributed by atoms with Crippen LogP contribution in [-0.2, 0) is 10.9 Å². The van der Waals surface area contributed by atoms with Gasteiger partial charge in [0.2, 0.25) is 5.82 Å². The number of methoxy groups -OCH3 is 1. The number of rotatable bonds is 4. The molecule has 1 aromatic heterocycles. The van der Waals surface area contributed by atoms with Gasteiger partial charge in [0.25, 0.3) is 0 Å². The molecule has 1 aromatic rings. The first kappa shape index (κ1) is 14.5. The zero-order valence-electron chi connectivity index (χ0n) is 10.3. The Bertz CT molecular complexity index is 420. The lowest BCUT2D eigenvalue weighted by Gasteiger charge is -2.23. The molecule has 3 N–H and O–H groups in total. The van der Waals surface area contributed by atoms with Gasteiger partial charge in [0.05, 0.1) is 5.60 Å². The molecule has 0 saturated carbocycles. The Morgan fingerprint density at radius 3 is 2.44 bits per heavy atom. The number of halogens is 3. The van der Waals surface area contributed by atoms with E-state index >= 15 is 0 Å². The molecule has 0 aliphatic carbocycles. The van der Waals surface area contributed by atoms with Crippen molar-refractivity contribution < 1.29 is 17.9 Å². The Kier molecular flexibility index (Phi) is 4.00. The standard InChI is InChI=1S/C10H15F3N4O/c1-9(2,18-3)5-15-7-4-6(14)16-8(17-7)10(11,12)13/h4H,5H2,1-3H3,(H3,14,15,16,17). The van der Waals surface area contributed by atoms with E-state index < -0.39 is 17.6 Å². The van der Waals surface area contributed by atoms with Crippen molar-refractivity contribution in [1.29, 1.82) is 0 Å². The van der Waals surface area contributed by atoms with Crippen molar-refractivity contribution in [3.8, 4) is 0 Å². The van der Waals surface area contributed by atoms with Gasteiger partial charge in [-0.1, -0.05) is 0 Å². The van der Waals surface area contributed by atoms with E-state index in [1.165, 1.54) is 13.2 Å². The van der Waals surface area contributed by atoms with Crippen LogP contribution in [0.25, 0.3) is 0 Å². The van der Waals surface area contributed by atoms with Gasteiger partial charge < -0.3 is 15.8 Å². The first-order valence-electron chi connectivity index (χ1n) is 5.15. The van der Waals surface area contributed by atoms with Crippen molar-refractivity contribution in [2.75, 3.05) is 24.7 Å². The van der Waals surface area contributed by atoms with Gasteiger partial charge in [-0.05, 0) is 13.8 Å². The van der Waals surface area contributed by atoms with E-state index in [1.54, 1.807) is 13.8 Å². The van der Waals surface area contributed by atoms with Crippen LogP contribution in [-0.4, -0.2) is 29.2 Å². The average molecular weight is 264 g/mol. The monoisotopic (exact) mass is 264 g/mol. The van der Waals surface area contributed by atoms with Gasteiger partial charge in [-0.3, -0.25) is 0 Å². The molecule has 18 heavy (non-hydrogen) atoms. The van der Waals surface area contributed by atoms with Gasteiger partial charge >= 0.3 is 6.18 Å². The zero-order valence-corrected chi connectivity index (χ0v) is 10.3. The van der Waals surface area contributed by atoms with Gasteiger partial charge in [-0.25, -0.2) is 9.97 Å². The lowest BCUT2D eigenvalue weighted by Crippen LogP contribution is -2.32. The molecule has 0 unspecified atom stereocenters. The first-order valence-corrected chi connectivity index (χ1v) is 5.15. The molecule has 0 bridgehead atoms. The Balaban J connectivity index is 2.88. The first-order chi connectivity index (χ1) is 8.14. The molecule has 0 radical (unpaired) electrons. The second kappa shape index (κ2) is 4.97. The van der Waals surface area contributed by atoms with Crippen LogP contribution in [0.4, 0.5) is 24.8 Å². The van der Waals surface area contributed by atoms with Crippen LogP contribution in [0, 0.1) is 0 Å². The number of hydrogen-bond acceptors (Lipinski definition) is 5. The van der Waals surface area contributed by atoms with Crippen LogP contribution >= 0.6 is 0 Å². The lowest BCUT2D eigenvalue weighted by molar-refractivity contribution is -0.144. The van der Waals surface area contributed by atoms with Crippen molar-refractivity contribution in [3.05, 3.63) is 11.9 Å². The van der Waals surface area contributed by atoms with Crippen LogP contribution in [0.1, 0.15) is 19.7 Å². The molecule has 102 valence electrons. The highest BCUT2D eigenvalue weighted by molar-refractivity contribution is 5.45. The second-order valence-corrected chi connectivity index (χ2v) is 4.32. The van der Waals surface area contributed by atoms with Gasteiger partial charge in [0, 0.05) is 19.7 Å². The molecule has 1 rings (SSSR count). The molecule has 0 aromatic carbocycles. The van der Waals surface area contributed by atoms with Crippen LogP contribution < -0.4 is 11.1 Å². The molecule has 0 amide bonds. The number of aromatic nitrogens is 2. The number of anilines is 2. The Morgan fingerprint density at radius 1 is 1.33 bits per heavy atom. The molecule has 5 nitrogen and oxygen atoms in total. The molecule has 8 heteroatoms. The number of nitrogens with zero attached hydrogens (tertiary/aromatic N) is 2. The Labute approximate surface area is 103 Å². The van der Waals surface area contributed by atoms with E-state index in [9.17, 15) is 13.2 Å². The smallest absolute Gasteiger partial charge is 0.384 e. The Morgan fingerprint density at radius 2 is 1.94 bits per heavy atom. The predicted molar refractivity (Wildman–Crippen MR) is 61.0 cm³/mol. The van der Waals surface area contributed by atoms with Gasteiger partial charge in [-0.2, -0.15) is 13.2 Å². The number of nitrogens with one attached hydrogen (secondary N) is 1. The molecular formula is C10H15F3N4O. The summed E-state index contributed by atoms with van der Waals surface area (Å²) in [4.78, 5) is 6.50. The van der Waals surface area contributed by atoms with Crippen molar-refractivity contribution >= 4 is 11.6 Å². The minimum atomic E-state index is -4.62. The quantitative estimate of drug-likeness (QED) is 0.869. The highest BCUT2D eigenvalue weighted by Crippen LogP contribution is 2.27. The fourth-order valence-electron chi connectivity index (χ4n) is 1.06. The number of alkyl halides is 3. The summed E-state index contributed by atoms with van der Waals surface area (Å²) in [6, 6.07) is 1.24. The number of ether oxygens (including phenoxy) is 1. The summed E-state index contributed by atoms with van der Waals surface area (Å²) in [5.41, 5.74) is 4.78. The normalized spacial score (nSPS) is 12.6. The molecule has 0 aliphatic heterocycles. The van der Waals surface area contributed by atoms with Gasteiger partial charge in [0.1, 0.15) is 11.6 Å². The average Bonchev–Trinajstić information content (AvgIpc) is 2.25. The molecule has 0 atom stereocenters. The van der Waals surface area contributed by atoms with E-state index in [-0.39, 0.29) is 18.2 Å². The maximum atomic E-state index is 12.5. The number of hydrogen-bond donors (Lipinski definition) is 2. The van der Waals surface area contributed by atoms with Crippen LogP contribution in [0.5, 0.6) is 0 Å². The summed E-state index contributed by atoms with van der Waals surface area (Å²) in [7, 11) is 1.51. The third kappa shape index (κ3) is 4.02. The van der Waals surface area contributed by atoms with Crippen molar-refractivity contribution in [2.24, 2.45) is 0 Å². The van der Waals surface area contributed by atoms with E-state index in [4.69, 9.17) is 10.5 Å². The Hall–Kier alpha value is -1.57. The van der Waals surface area contributed by atoms with E-state index in [1.807, 2.05) is 0 Å². The molecule has 0 aliphatic rings. The molecule has 1 heterocycles. The van der Waals surface area contributed by atoms with Crippen LogP contribution in [0.2, 0.25) is 0 Å². The largest absolute Gasteiger partial charge is 0.451 e. The predicted octanol–water partition coefficient (Wildman–Crippen LogP) is 1.91. The maximum absolute atomic E-state index is 12.5. The molecular weight excluding hydrogens is 249 g/mol. The molecule has 0 saturated heterocycles. The lowest BCUT2D eigenvalue weighted by atomic mass is 10.1. The van der Waals surface area contributed by atoms with Crippen LogP contribution in [0.15, 0.2) is 6.07 Å². The summed E-state index contributed by atoms with van der Waals surface area (Å²) in [5, 5.41) is 2.73. The zero-order chi connectivity index (χ0) is 14.0. The van der Waals surface area contributed by atoms with Crippen molar-refractivity contribution in [1.82, 2.24) is 9.97 Å². The highest BCUT2D eigenvalue weighted by Gasteiger charge is 2.35. The third-order valence-electron chi connectivity index (χ3n) is 2.25. The minimum absolute atomic E-state index is 0.0138. The summed E-state index contributed by atoms with van der Waals surface area (Å²) in [5.74, 6) is -1.49. The van der Waals surface area contributed by atoms with Gasteiger partial charge in [0.15, 0.2) is 0 Å². The van der Waals surface area contributed by atoms with Gasteiger partial charge in [-0.15, -0.1) is 0 Å². The number of nitrogen functional groups attached to an aromatic ring is 1. The fraction of sp³-hybridized carbons (Fsp3) is 0.600. The minimum Gasteiger partial charge on any atom is -0.384 e. The van der Waals surface area contributed by atoms with E-state index in [0.29, 0.717) is 0 Å². The topological polar surface area (TPSA) is 73.1 Å². The number of nitrogens with two attached hydrogens (primary N) is 1.